The Morgan fingerprint density at radius 2 is 1.74 bits per heavy atom. The van der Waals surface area contributed by atoms with E-state index in [1.54, 1.807) is 29.5 Å². The number of piperidine rings is 2. The molecule has 5 aromatic rings. The van der Waals surface area contributed by atoms with E-state index in [1.807, 2.05) is 75.7 Å². The van der Waals surface area contributed by atoms with Crippen LogP contribution >= 0.6 is 11.3 Å². The number of likely N-dealkylation sites (tertiary alicyclic amines) is 2. The van der Waals surface area contributed by atoms with E-state index in [0.717, 1.165) is 112 Å². The Kier molecular flexibility index (Phi) is 15.4. The van der Waals surface area contributed by atoms with Crippen LogP contribution in [0.25, 0.3) is 21.7 Å². The number of phenolic OH excluding ortho intramolecular Hbond substituents is 1. The molecule has 390 valence electrons. The van der Waals surface area contributed by atoms with Crippen molar-refractivity contribution in [1.29, 1.82) is 0 Å². The Bertz CT molecular complexity index is 2680. The van der Waals surface area contributed by atoms with Gasteiger partial charge in [0.25, 0.3) is 5.88 Å². The first-order valence-corrected chi connectivity index (χ1v) is 27.3. The quantitative estimate of drug-likeness (QED) is 0.0780. The molecule has 1 aliphatic carbocycles. The van der Waals surface area contributed by atoms with Crippen molar-refractivity contribution in [2.45, 2.75) is 115 Å². The standard InChI is InChI=1S/C55H72N10O7S/c1-34(2)50(54(69)65-31-42(66)27-46(65)53(68)58-35(3)39-9-11-40(12-10-39)51-36(4)57-33-73-51)48-29-49(61-72-48)70-23-15-37-13-18-63(19-14-37)41-25-38(26-41)30-62-22-24-71-55(32-62)16-20-64(21-17-55)45-28-44(59-60-52(45)56)43-7-5-6-8-47(43)67/h5-12,28-29,33-35,37-38,41-42,46,50,66-67H,13-27,30-32H2,1-4H3,(H2,56,60)(H,58,68)/t35-,38-,41-,42+,46-,50+/m0/s1. The minimum absolute atomic E-state index is 0.0700. The molecule has 2 amide bonds. The number of aromatic hydroxyl groups is 1. The number of rotatable bonds is 16. The van der Waals surface area contributed by atoms with Gasteiger partial charge in [0.15, 0.2) is 11.6 Å². The zero-order chi connectivity index (χ0) is 50.8. The van der Waals surface area contributed by atoms with Crippen LogP contribution in [0.1, 0.15) is 101 Å². The minimum Gasteiger partial charge on any atom is -0.507 e. The maximum absolute atomic E-state index is 14.3. The number of benzene rings is 2. The fourth-order valence-electron chi connectivity index (χ4n) is 12.1. The van der Waals surface area contributed by atoms with Gasteiger partial charge in [0.2, 0.25) is 11.8 Å². The topological polar surface area (TPSA) is 209 Å². The van der Waals surface area contributed by atoms with Crippen LogP contribution in [-0.4, -0.2) is 146 Å². The molecule has 0 unspecified atom stereocenters. The number of thiazole rings is 1. The molecule has 7 heterocycles. The summed E-state index contributed by atoms with van der Waals surface area (Å²) in [4.78, 5) is 42.6. The van der Waals surface area contributed by atoms with Crippen molar-refractivity contribution in [3.05, 3.63) is 83.2 Å². The molecule has 5 fully saturated rings. The summed E-state index contributed by atoms with van der Waals surface area (Å²) >= 11 is 1.60. The summed E-state index contributed by atoms with van der Waals surface area (Å²) in [5, 5.41) is 37.0. The molecule has 1 spiro atoms. The number of nitrogens with one attached hydrogen (secondary N) is 1. The van der Waals surface area contributed by atoms with Crippen LogP contribution in [0.15, 0.2) is 70.7 Å². The number of morpholine rings is 1. The molecule has 0 radical (unpaired) electrons. The average molecular weight is 1020 g/mol. The Morgan fingerprint density at radius 1 is 0.973 bits per heavy atom. The highest BCUT2D eigenvalue weighted by Crippen LogP contribution is 2.40. The van der Waals surface area contributed by atoms with Crippen LogP contribution in [0.5, 0.6) is 11.6 Å². The second-order valence-corrected chi connectivity index (χ2v) is 22.5. The van der Waals surface area contributed by atoms with Crippen molar-refractivity contribution in [3.63, 3.8) is 0 Å². The molecular formula is C55H72N10O7S. The first kappa shape index (κ1) is 50.9. The van der Waals surface area contributed by atoms with Gasteiger partial charge in [-0.05, 0) is 124 Å². The van der Waals surface area contributed by atoms with Gasteiger partial charge in [0, 0.05) is 63.4 Å². The lowest BCUT2D eigenvalue weighted by atomic mass is 9.77. The van der Waals surface area contributed by atoms with E-state index in [-0.39, 0.29) is 48.1 Å². The Labute approximate surface area is 432 Å². The largest absolute Gasteiger partial charge is 0.507 e. The molecule has 1 saturated carbocycles. The summed E-state index contributed by atoms with van der Waals surface area (Å²) in [6.45, 7) is 16.1. The molecule has 18 heteroatoms. The van der Waals surface area contributed by atoms with Crippen LogP contribution in [-0.2, 0) is 14.3 Å². The summed E-state index contributed by atoms with van der Waals surface area (Å²) in [7, 11) is 0. The highest BCUT2D eigenvalue weighted by atomic mass is 32.1. The van der Waals surface area contributed by atoms with Gasteiger partial charge in [-0.1, -0.05) is 50.2 Å². The van der Waals surface area contributed by atoms with Gasteiger partial charge in [0.05, 0.1) is 58.4 Å². The second kappa shape index (κ2) is 22.0. The van der Waals surface area contributed by atoms with Crippen molar-refractivity contribution < 1.29 is 33.8 Å². The summed E-state index contributed by atoms with van der Waals surface area (Å²) in [5.41, 5.74) is 13.1. The van der Waals surface area contributed by atoms with Gasteiger partial charge >= 0.3 is 0 Å². The zero-order valence-corrected chi connectivity index (χ0v) is 43.5. The van der Waals surface area contributed by atoms with Gasteiger partial charge in [-0.25, -0.2) is 4.98 Å². The lowest BCUT2D eigenvalue weighted by Gasteiger charge is -2.50. The van der Waals surface area contributed by atoms with E-state index in [4.69, 9.17) is 19.7 Å². The van der Waals surface area contributed by atoms with Gasteiger partial charge in [0.1, 0.15) is 17.7 Å². The van der Waals surface area contributed by atoms with Gasteiger partial charge in [-0.15, -0.1) is 21.5 Å². The maximum Gasteiger partial charge on any atom is 0.254 e. The normalized spacial score (nSPS) is 23.6. The predicted molar refractivity (Wildman–Crippen MR) is 280 cm³/mol. The van der Waals surface area contributed by atoms with Crippen molar-refractivity contribution in [2.75, 3.05) is 76.2 Å². The molecule has 10 rings (SSSR count). The van der Waals surface area contributed by atoms with E-state index in [1.165, 1.54) is 17.7 Å². The number of ether oxygens (including phenoxy) is 2. The third-order valence-electron chi connectivity index (χ3n) is 16.4. The molecule has 73 heavy (non-hydrogen) atoms. The third-order valence-corrected chi connectivity index (χ3v) is 17.4. The first-order valence-electron chi connectivity index (χ1n) is 26.5. The molecule has 2 aromatic carbocycles. The fourth-order valence-corrected chi connectivity index (χ4v) is 12.9. The second-order valence-electron chi connectivity index (χ2n) is 21.7. The number of aryl methyl sites for hydroxylation is 1. The first-order chi connectivity index (χ1) is 35.3. The van der Waals surface area contributed by atoms with Crippen LogP contribution in [0.4, 0.5) is 11.5 Å². The summed E-state index contributed by atoms with van der Waals surface area (Å²) < 4.78 is 18.4. The number of anilines is 2. The number of nitrogens with zero attached hydrogens (tertiary/aromatic N) is 8. The maximum atomic E-state index is 14.3. The molecule has 4 saturated heterocycles. The highest BCUT2D eigenvalue weighted by Gasteiger charge is 2.45. The third kappa shape index (κ3) is 11.4. The van der Waals surface area contributed by atoms with Gasteiger partial charge in [-0.3, -0.25) is 14.5 Å². The van der Waals surface area contributed by atoms with Crippen LogP contribution < -0.4 is 20.7 Å². The Balaban J connectivity index is 0.638. The highest BCUT2D eigenvalue weighted by molar-refractivity contribution is 7.13. The number of para-hydroxylation sites is 1. The number of phenols is 1. The van der Waals surface area contributed by atoms with E-state index in [9.17, 15) is 19.8 Å². The SMILES string of the molecule is Cc1ncsc1-c1ccc([C@H](C)NC(=O)[C@@H]2C[C@@H](O)CN2C(=O)[C@@H](c2cc(OCCC3CCN([C@H]4C[C@H](CN5CCOC6(CCN(c7cc(-c8ccccc8O)nnc7N)CC6)C5)C4)CC3)no2)C(C)C)cc1. The number of hydrogen-bond donors (Lipinski definition) is 4. The lowest BCUT2D eigenvalue weighted by molar-refractivity contribution is -0.141. The molecule has 5 aliphatic rings. The Morgan fingerprint density at radius 3 is 2.47 bits per heavy atom. The number of aromatic nitrogens is 4. The lowest BCUT2D eigenvalue weighted by Crippen LogP contribution is -2.58. The van der Waals surface area contributed by atoms with E-state index in [2.05, 4.69) is 40.4 Å². The number of amides is 2. The summed E-state index contributed by atoms with van der Waals surface area (Å²) in [6.07, 6.45) is 6.92. The number of carbonyl (C=O) groups excluding carboxylic acids is 2. The van der Waals surface area contributed by atoms with Crippen molar-refractivity contribution in [1.82, 2.24) is 40.4 Å². The number of β-amino-alcohol motifs (C(OH)–C–C–N with tert-alkyl or cyclic N) is 1. The molecule has 4 atom stereocenters. The zero-order valence-electron chi connectivity index (χ0n) is 42.7. The van der Waals surface area contributed by atoms with Gasteiger partial charge < -0.3 is 50.0 Å². The van der Waals surface area contributed by atoms with E-state index < -0.39 is 18.1 Å². The van der Waals surface area contributed by atoms with Crippen LogP contribution in [0, 0.1) is 24.7 Å². The summed E-state index contributed by atoms with van der Waals surface area (Å²) in [6, 6.07) is 18.4. The molecule has 4 aliphatic heterocycles. The fraction of sp³-hybridized carbons (Fsp3) is 0.564. The predicted octanol–water partition coefficient (Wildman–Crippen LogP) is 7.06. The number of aliphatic hydroxyl groups is 1. The number of hydrogen-bond acceptors (Lipinski definition) is 16. The molecule has 3 aromatic heterocycles. The minimum atomic E-state index is -0.812. The number of nitrogens with two attached hydrogens (primary N) is 1. The number of nitrogen functional groups attached to an aromatic ring is 1. The van der Waals surface area contributed by atoms with E-state index in [0.29, 0.717) is 53.2 Å². The van der Waals surface area contributed by atoms with Crippen molar-refractivity contribution in [3.8, 4) is 33.3 Å². The van der Waals surface area contributed by atoms with Crippen molar-refractivity contribution >= 4 is 34.7 Å². The monoisotopic (exact) mass is 1020 g/mol. The number of carbonyl (C=O) groups is 2. The molecule has 0 bridgehead atoms. The van der Waals surface area contributed by atoms with Gasteiger partial charge in [-0.2, -0.15) is 0 Å². The van der Waals surface area contributed by atoms with Crippen LogP contribution in [0.3, 0.4) is 0 Å². The van der Waals surface area contributed by atoms with Crippen LogP contribution in [0.2, 0.25) is 0 Å². The number of aliphatic hydroxyl groups excluding tert-OH is 1. The Hall–Kier alpha value is -5.66. The summed E-state index contributed by atoms with van der Waals surface area (Å²) in [5.74, 6) is 1.20. The molecular weight excluding hydrogens is 945 g/mol. The smallest absolute Gasteiger partial charge is 0.254 e. The average Bonchev–Trinajstić information content (AvgIpc) is 4.13. The molecule has 17 nitrogen and oxygen atoms in total. The molecule has 5 N–H and O–H groups in total. The van der Waals surface area contributed by atoms with E-state index >= 15 is 0 Å². The van der Waals surface area contributed by atoms with Crippen molar-refractivity contribution in [2.24, 2.45) is 17.8 Å².